The minimum Gasteiger partial charge on any atom is -0.454 e. The molecule has 0 bridgehead atoms. The van der Waals surface area contributed by atoms with Crippen LogP contribution in [0, 0.1) is 0 Å². The minimum absolute atomic E-state index is 0.241. The Morgan fingerprint density at radius 2 is 1.59 bits per heavy atom. The van der Waals surface area contributed by atoms with Crippen LogP contribution in [0.25, 0.3) is 0 Å². The molecule has 3 rings (SSSR count). The molecule has 1 heterocycles. The highest BCUT2D eigenvalue weighted by atomic mass is 35.5. The number of carbonyl (C=O) groups excluding carboxylic acids is 3. The molecule has 1 saturated heterocycles. The first-order chi connectivity index (χ1) is 14.0. The van der Waals surface area contributed by atoms with Gasteiger partial charge in [-0.25, -0.2) is 0 Å². The second-order valence-electron chi connectivity index (χ2n) is 6.55. The van der Waals surface area contributed by atoms with Crippen molar-refractivity contribution < 1.29 is 19.1 Å². The van der Waals surface area contributed by atoms with E-state index in [0.717, 1.165) is 18.8 Å². The number of amides is 2. The van der Waals surface area contributed by atoms with E-state index in [9.17, 15) is 14.4 Å². The first-order valence-corrected chi connectivity index (χ1v) is 9.68. The summed E-state index contributed by atoms with van der Waals surface area (Å²) in [6.45, 7) is 1.94. The zero-order chi connectivity index (χ0) is 20.6. The summed E-state index contributed by atoms with van der Waals surface area (Å²) in [7, 11) is 0. The lowest BCUT2D eigenvalue weighted by Gasteiger charge is -2.36. The van der Waals surface area contributed by atoms with E-state index >= 15 is 0 Å². The second-order valence-corrected chi connectivity index (χ2v) is 6.99. The molecule has 0 aromatic heterocycles. The van der Waals surface area contributed by atoms with Crippen LogP contribution in [-0.4, -0.2) is 62.0 Å². The van der Waals surface area contributed by atoms with Gasteiger partial charge in [-0.15, -0.1) is 0 Å². The molecule has 29 heavy (non-hydrogen) atoms. The Kier molecular flexibility index (Phi) is 7.08. The third kappa shape index (κ3) is 5.96. The summed E-state index contributed by atoms with van der Waals surface area (Å²) in [5.74, 6) is -1.32. The average Bonchev–Trinajstić information content (AvgIpc) is 2.77. The molecule has 0 spiro atoms. The van der Waals surface area contributed by atoms with Crippen molar-refractivity contribution in [2.75, 3.05) is 44.2 Å². The van der Waals surface area contributed by atoms with Gasteiger partial charge in [0.15, 0.2) is 6.61 Å². The van der Waals surface area contributed by atoms with E-state index in [2.05, 4.69) is 10.2 Å². The average molecular weight is 416 g/mol. The Labute approximate surface area is 174 Å². The van der Waals surface area contributed by atoms with Crippen molar-refractivity contribution >= 4 is 35.1 Å². The summed E-state index contributed by atoms with van der Waals surface area (Å²) < 4.78 is 4.99. The number of piperazine rings is 1. The molecule has 2 aromatic carbocycles. The lowest BCUT2D eigenvalue weighted by molar-refractivity contribution is -0.151. The molecule has 0 radical (unpaired) electrons. The van der Waals surface area contributed by atoms with Crippen LogP contribution in [0.4, 0.5) is 5.69 Å². The van der Waals surface area contributed by atoms with Gasteiger partial charge in [-0.1, -0.05) is 29.8 Å². The van der Waals surface area contributed by atoms with Gasteiger partial charge in [-0.3, -0.25) is 14.4 Å². The van der Waals surface area contributed by atoms with E-state index in [1.165, 1.54) is 0 Å². The van der Waals surface area contributed by atoms with Gasteiger partial charge >= 0.3 is 5.97 Å². The Hall–Kier alpha value is -3.06. The summed E-state index contributed by atoms with van der Waals surface area (Å²) in [5, 5.41) is 2.97. The number of ether oxygens (including phenoxy) is 1. The van der Waals surface area contributed by atoms with E-state index in [1.54, 1.807) is 29.2 Å². The number of benzene rings is 2. The zero-order valence-electron chi connectivity index (χ0n) is 15.8. The van der Waals surface area contributed by atoms with Gasteiger partial charge in [0.1, 0.15) is 6.54 Å². The molecule has 0 atom stereocenters. The fourth-order valence-electron chi connectivity index (χ4n) is 2.99. The van der Waals surface area contributed by atoms with E-state index in [1.807, 2.05) is 30.3 Å². The predicted octanol–water partition coefficient (Wildman–Crippen LogP) is 1.96. The maximum absolute atomic E-state index is 12.3. The van der Waals surface area contributed by atoms with Gasteiger partial charge in [0.05, 0.1) is 0 Å². The topological polar surface area (TPSA) is 78.9 Å². The van der Waals surface area contributed by atoms with Gasteiger partial charge < -0.3 is 19.9 Å². The summed E-state index contributed by atoms with van der Waals surface area (Å²) in [5.41, 5.74) is 1.51. The number of halogens is 1. The van der Waals surface area contributed by atoms with E-state index in [-0.39, 0.29) is 19.1 Å². The number of anilines is 1. The summed E-state index contributed by atoms with van der Waals surface area (Å²) in [4.78, 5) is 39.9. The third-order valence-electron chi connectivity index (χ3n) is 4.61. The Balaban J connectivity index is 1.36. The molecule has 2 aromatic rings. The quantitative estimate of drug-likeness (QED) is 0.730. The second kappa shape index (κ2) is 9.93. The molecule has 0 saturated carbocycles. The van der Waals surface area contributed by atoms with Crippen LogP contribution in [-0.2, 0) is 14.3 Å². The van der Waals surface area contributed by atoms with Crippen molar-refractivity contribution in [3.05, 3.63) is 65.2 Å². The van der Waals surface area contributed by atoms with Crippen molar-refractivity contribution in [1.82, 2.24) is 10.2 Å². The Morgan fingerprint density at radius 1 is 0.931 bits per heavy atom. The molecule has 1 fully saturated rings. The third-order valence-corrected chi connectivity index (χ3v) is 4.86. The van der Waals surface area contributed by atoms with Crippen molar-refractivity contribution in [2.24, 2.45) is 0 Å². The highest BCUT2D eigenvalue weighted by molar-refractivity contribution is 6.30. The molecule has 1 aliphatic rings. The fraction of sp³-hybridized carbons (Fsp3) is 0.286. The maximum atomic E-state index is 12.3. The molecule has 0 unspecified atom stereocenters. The van der Waals surface area contributed by atoms with Crippen LogP contribution >= 0.6 is 11.6 Å². The van der Waals surface area contributed by atoms with E-state index in [0.29, 0.717) is 23.7 Å². The normalized spacial score (nSPS) is 13.7. The Bertz CT molecular complexity index is 850. The number of nitrogens with one attached hydrogen (secondary N) is 1. The molecule has 0 aliphatic carbocycles. The highest BCUT2D eigenvalue weighted by Crippen LogP contribution is 2.15. The maximum Gasteiger partial charge on any atom is 0.325 e. The minimum atomic E-state index is -0.663. The number of para-hydroxylation sites is 1. The number of carbonyl (C=O) groups is 3. The SMILES string of the molecule is O=C(CNC(=O)c1ccc(Cl)cc1)OCC(=O)N1CCN(c2ccccc2)CC1. The number of rotatable bonds is 6. The van der Waals surface area contributed by atoms with Crippen LogP contribution in [0.3, 0.4) is 0 Å². The van der Waals surface area contributed by atoms with Crippen molar-refractivity contribution in [2.45, 2.75) is 0 Å². The zero-order valence-corrected chi connectivity index (χ0v) is 16.6. The van der Waals surface area contributed by atoms with E-state index < -0.39 is 11.9 Å². The van der Waals surface area contributed by atoms with Gasteiger partial charge in [0.25, 0.3) is 11.8 Å². The highest BCUT2D eigenvalue weighted by Gasteiger charge is 2.22. The summed E-state index contributed by atoms with van der Waals surface area (Å²) >= 11 is 5.77. The van der Waals surface area contributed by atoms with Crippen molar-refractivity contribution in [3.8, 4) is 0 Å². The number of hydrogen-bond acceptors (Lipinski definition) is 5. The smallest absolute Gasteiger partial charge is 0.325 e. The van der Waals surface area contributed by atoms with E-state index in [4.69, 9.17) is 16.3 Å². The summed E-state index contributed by atoms with van der Waals surface area (Å²) in [6.07, 6.45) is 0. The van der Waals surface area contributed by atoms with Crippen molar-refractivity contribution in [3.63, 3.8) is 0 Å². The summed E-state index contributed by atoms with van der Waals surface area (Å²) in [6, 6.07) is 16.3. The largest absolute Gasteiger partial charge is 0.454 e. The van der Waals surface area contributed by atoms with Gasteiger partial charge in [-0.05, 0) is 36.4 Å². The lowest BCUT2D eigenvalue weighted by Crippen LogP contribution is -2.50. The number of esters is 1. The molecule has 1 N–H and O–H groups in total. The van der Waals surface area contributed by atoms with Gasteiger partial charge in [0, 0.05) is 42.5 Å². The van der Waals surface area contributed by atoms with Gasteiger partial charge in [-0.2, -0.15) is 0 Å². The molecule has 152 valence electrons. The predicted molar refractivity (Wildman–Crippen MR) is 110 cm³/mol. The molecular weight excluding hydrogens is 394 g/mol. The first-order valence-electron chi connectivity index (χ1n) is 9.30. The lowest BCUT2D eigenvalue weighted by atomic mass is 10.2. The molecule has 7 nitrogen and oxygen atoms in total. The van der Waals surface area contributed by atoms with Crippen LogP contribution in [0.2, 0.25) is 5.02 Å². The molecular formula is C21H22ClN3O4. The standard InChI is InChI=1S/C21H22ClN3O4/c22-17-8-6-16(7-9-17)21(28)23-14-20(27)29-15-19(26)25-12-10-24(11-13-25)18-4-2-1-3-5-18/h1-9H,10-15H2,(H,23,28). The fourth-order valence-corrected chi connectivity index (χ4v) is 3.12. The number of hydrogen-bond donors (Lipinski definition) is 1. The number of nitrogens with zero attached hydrogens (tertiary/aromatic N) is 2. The van der Waals surface area contributed by atoms with Crippen LogP contribution < -0.4 is 10.2 Å². The van der Waals surface area contributed by atoms with Crippen molar-refractivity contribution in [1.29, 1.82) is 0 Å². The Morgan fingerprint density at radius 3 is 2.24 bits per heavy atom. The molecule has 8 heteroatoms. The van der Waals surface area contributed by atoms with Crippen LogP contribution in [0.5, 0.6) is 0 Å². The molecule has 1 aliphatic heterocycles. The monoisotopic (exact) mass is 415 g/mol. The van der Waals surface area contributed by atoms with Crippen LogP contribution in [0.15, 0.2) is 54.6 Å². The molecule has 2 amide bonds. The van der Waals surface area contributed by atoms with Gasteiger partial charge in [0.2, 0.25) is 0 Å². The first kappa shape index (κ1) is 20.7. The van der Waals surface area contributed by atoms with Crippen LogP contribution in [0.1, 0.15) is 10.4 Å².